The maximum Gasteiger partial charge on any atom is 0.418 e. The summed E-state index contributed by atoms with van der Waals surface area (Å²) >= 11 is 5.58. The first-order valence-corrected chi connectivity index (χ1v) is 6.17. The molecular weight excluding hydrogens is 381 g/mol. The van der Waals surface area contributed by atoms with Gasteiger partial charge in [-0.25, -0.2) is 4.39 Å². The van der Waals surface area contributed by atoms with Gasteiger partial charge in [0.25, 0.3) is 0 Å². The van der Waals surface area contributed by atoms with Crippen molar-refractivity contribution in [1.82, 2.24) is 4.98 Å². The monoisotopic (exact) mass is 391 g/mol. The minimum atomic E-state index is -4.59. The fourth-order valence-electron chi connectivity index (χ4n) is 1.70. The van der Waals surface area contributed by atoms with Crippen LogP contribution in [0.4, 0.5) is 28.9 Å². The van der Waals surface area contributed by atoms with E-state index in [0.717, 1.165) is 12.1 Å². The number of hydrogen-bond acceptors (Lipinski definition) is 3. The number of pyridine rings is 1. The van der Waals surface area contributed by atoms with Crippen molar-refractivity contribution in [3.05, 3.63) is 52.6 Å². The lowest BCUT2D eigenvalue weighted by molar-refractivity contribution is -0.136. The number of rotatable bonds is 3. The number of nitrogens with zero attached hydrogens (tertiary/aromatic N) is 1. The molecule has 0 spiro atoms. The Morgan fingerprint density at radius 3 is 2.35 bits per heavy atom. The highest BCUT2D eigenvalue weighted by Crippen LogP contribution is 2.37. The fraction of sp³-hybridized carbons (Fsp3) is 0.154. The highest BCUT2D eigenvalue weighted by atomic mass is 35.5. The van der Waals surface area contributed by atoms with Crippen molar-refractivity contribution in [2.75, 3.05) is 5.32 Å². The standard InChI is InChI=1S/C13H10ClF4N3.2ClH/c14-7-1-2-11(9(3-7)13(16,17)18)21-8-4-10(15)12(5-19)20-6-8;;/h1-4,6,21H,5,19H2;2*1H. The van der Waals surface area contributed by atoms with Gasteiger partial charge in [-0.1, -0.05) is 11.6 Å². The molecule has 0 radical (unpaired) electrons. The third kappa shape index (κ3) is 5.39. The van der Waals surface area contributed by atoms with Crippen LogP contribution in [0.25, 0.3) is 0 Å². The van der Waals surface area contributed by atoms with Crippen molar-refractivity contribution in [2.24, 2.45) is 5.73 Å². The molecule has 0 amide bonds. The van der Waals surface area contributed by atoms with Crippen LogP contribution in [0.5, 0.6) is 0 Å². The number of anilines is 2. The molecule has 1 aromatic carbocycles. The van der Waals surface area contributed by atoms with E-state index < -0.39 is 17.6 Å². The molecule has 128 valence electrons. The van der Waals surface area contributed by atoms with Gasteiger partial charge in [-0.05, 0) is 18.2 Å². The second-order valence-electron chi connectivity index (χ2n) is 4.17. The summed E-state index contributed by atoms with van der Waals surface area (Å²) in [5.74, 6) is -0.690. The lowest BCUT2D eigenvalue weighted by Crippen LogP contribution is -2.09. The molecule has 1 aromatic heterocycles. The summed E-state index contributed by atoms with van der Waals surface area (Å²) in [7, 11) is 0. The second-order valence-corrected chi connectivity index (χ2v) is 4.61. The van der Waals surface area contributed by atoms with E-state index in [4.69, 9.17) is 17.3 Å². The first-order valence-electron chi connectivity index (χ1n) is 5.79. The lowest BCUT2D eigenvalue weighted by Gasteiger charge is -2.15. The molecule has 3 N–H and O–H groups in total. The van der Waals surface area contributed by atoms with Gasteiger partial charge in [0.1, 0.15) is 5.82 Å². The van der Waals surface area contributed by atoms with E-state index in [2.05, 4.69) is 10.3 Å². The zero-order valence-electron chi connectivity index (χ0n) is 11.3. The van der Waals surface area contributed by atoms with Crippen molar-refractivity contribution in [1.29, 1.82) is 0 Å². The average molecular weight is 393 g/mol. The third-order valence-corrected chi connectivity index (χ3v) is 2.91. The molecule has 3 nitrogen and oxygen atoms in total. The van der Waals surface area contributed by atoms with Crippen LogP contribution in [0.3, 0.4) is 0 Å². The van der Waals surface area contributed by atoms with Crippen molar-refractivity contribution in [3.8, 4) is 0 Å². The maximum absolute atomic E-state index is 13.5. The Kier molecular flexibility index (Phi) is 8.06. The van der Waals surface area contributed by atoms with E-state index in [-0.39, 0.29) is 53.5 Å². The molecule has 0 aliphatic heterocycles. The van der Waals surface area contributed by atoms with Crippen LogP contribution in [-0.2, 0) is 12.7 Å². The molecule has 0 aliphatic rings. The molecular formula is C13H12Cl3F4N3. The Hall–Kier alpha value is -1.28. The predicted molar refractivity (Wildman–Crippen MR) is 86.3 cm³/mol. The number of benzene rings is 1. The summed E-state index contributed by atoms with van der Waals surface area (Å²) < 4.78 is 52.3. The van der Waals surface area contributed by atoms with Crippen LogP contribution in [0.2, 0.25) is 5.02 Å². The Morgan fingerprint density at radius 2 is 1.83 bits per heavy atom. The van der Waals surface area contributed by atoms with Gasteiger partial charge in [0.15, 0.2) is 0 Å². The molecule has 0 fully saturated rings. The Morgan fingerprint density at radius 1 is 1.17 bits per heavy atom. The minimum Gasteiger partial charge on any atom is -0.354 e. The van der Waals surface area contributed by atoms with Gasteiger partial charge in [-0.15, -0.1) is 24.8 Å². The Bertz CT molecular complexity index is 665. The Labute approximate surface area is 147 Å². The molecule has 10 heteroatoms. The molecule has 0 atom stereocenters. The van der Waals surface area contributed by atoms with E-state index >= 15 is 0 Å². The highest BCUT2D eigenvalue weighted by Gasteiger charge is 2.33. The van der Waals surface area contributed by atoms with E-state index in [9.17, 15) is 17.6 Å². The maximum atomic E-state index is 13.5. The molecule has 2 aromatic rings. The van der Waals surface area contributed by atoms with Gasteiger partial charge in [0.2, 0.25) is 0 Å². The smallest absolute Gasteiger partial charge is 0.354 e. The van der Waals surface area contributed by atoms with Crippen molar-refractivity contribution < 1.29 is 17.6 Å². The summed E-state index contributed by atoms with van der Waals surface area (Å²) in [5, 5.41) is 2.43. The molecule has 2 rings (SSSR count). The van der Waals surface area contributed by atoms with E-state index in [1.165, 1.54) is 18.3 Å². The molecule has 23 heavy (non-hydrogen) atoms. The number of halogens is 7. The van der Waals surface area contributed by atoms with E-state index in [0.29, 0.717) is 0 Å². The Balaban J connectivity index is 0.00000242. The van der Waals surface area contributed by atoms with Crippen LogP contribution >= 0.6 is 36.4 Å². The zero-order valence-corrected chi connectivity index (χ0v) is 13.7. The summed E-state index contributed by atoms with van der Waals surface area (Å²) in [6.45, 7) is -0.0964. The number of alkyl halides is 3. The van der Waals surface area contributed by atoms with Crippen molar-refractivity contribution in [3.63, 3.8) is 0 Å². The first kappa shape index (κ1) is 21.7. The normalized spacial score (nSPS) is 10.5. The number of nitrogens with two attached hydrogens (primary N) is 1. The molecule has 0 unspecified atom stereocenters. The number of nitrogens with one attached hydrogen (secondary N) is 1. The highest BCUT2D eigenvalue weighted by molar-refractivity contribution is 6.30. The summed E-state index contributed by atoms with van der Waals surface area (Å²) in [6.07, 6.45) is -3.38. The van der Waals surface area contributed by atoms with E-state index in [1.54, 1.807) is 0 Å². The van der Waals surface area contributed by atoms with Gasteiger partial charge in [-0.2, -0.15) is 13.2 Å². The summed E-state index contributed by atoms with van der Waals surface area (Å²) in [6, 6.07) is 4.29. The first-order chi connectivity index (χ1) is 9.81. The predicted octanol–water partition coefficient (Wildman–Crippen LogP) is 4.94. The van der Waals surface area contributed by atoms with Crippen molar-refractivity contribution in [2.45, 2.75) is 12.7 Å². The van der Waals surface area contributed by atoms with Crippen molar-refractivity contribution >= 4 is 47.8 Å². The van der Waals surface area contributed by atoms with Crippen LogP contribution < -0.4 is 11.1 Å². The van der Waals surface area contributed by atoms with Gasteiger partial charge in [0.05, 0.1) is 28.8 Å². The van der Waals surface area contributed by atoms with Crippen LogP contribution in [0.1, 0.15) is 11.3 Å². The molecule has 0 saturated carbocycles. The quantitative estimate of drug-likeness (QED) is 0.728. The largest absolute Gasteiger partial charge is 0.418 e. The van der Waals surface area contributed by atoms with Gasteiger partial charge in [-0.3, -0.25) is 4.98 Å². The number of hydrogen-bond donors (Lipinski definition) is 2. The molecule has 1 heterocycles. The van der Waals surface area contributed by atoms with Gasteiger partial charge in [0, 0.05) is 17.6 Å². The topological polar surface area (TPSA) is 50.9 Å². The fourth-order valence-corrected chi connectivity index (χ4v) is 1.87. The van der Waals surface area contributed by atoms with Gasteiger partial charge >= 0.3 is 6.18 Å². The minimum absolute atomic E-state index is 0. The van der Waals surface area contributed by atoms with E-state index in [1.807, 2.05) is 0 Å². The SMILES string of the molecule is Cl.Cl.NCc1ncc(Nc2ccc(Cl)cc2C(F)(F)F)cc1F. The second kappa shape index (κ2) is 8.54. The van der Waals surface area contributed by atoms with Gasteiger partial charge < -0.3 is 11.1 Å². The zero-order chi connectivity index (χ0) is 15.6. The molecule has 0 bridgehead atoms. The summed E-state index contributed by atoms with van der Waals surface area (Å²) in [5.41, 5.74) is 4.19. The molecule has 0 saturated heterocycles. The number of aromatic nitrogens is 1. The lowest BCUT2D eigenvalue weighted by atomic mass is 10.1. The van der Waals surface area contributed by atoms with Crippen LogP contribution in [-0.4, -0.2) is 4.98 Å². The van der Waals surface area contributed by atoms with Crippen LogP contribution in [0, 0.1) is 5.82 Å². The summed E-state index contributed by atoms with van der Waals surface area (Å²) in [4.78, 5) is 3.73. The average Bonchev–Trinajstić information content (AvgIpc) is 2.40. The molecule has 0 aliphatic carbocycles. The van der Waals surface area contributed by atoms with Crippen LogP contribution in [0.15, 0.2) is 30.5 Å². The third-order valence-electron chi connectivity index (χ3n) is 2.68.